The monoisotopic (exact) mass is 260 g/mol. The van der Waals surface area contributed by atoms with Crippen LogP contribution in [0.3, 0.4) is 0 Å². The second-order valence-electron chi connectivity index (χ2n) is 4.49. The minimum Gasteiger partial charge on any atom is -0.403 e. The van der Waals surface area contributed by atoms with Gasteiger partial charge in [-0.1, -0.05) is 37.7 Å². The van der Waals surface area contributed by atoms with Crippen molar-refractivity contribution in [1.29, 1.82) is 0 Å². The molecule has 5 nitrogen and oxygen atoms in total. The van der Waals surface area contributed by atoms with Crippen LogP contribution in [0.5, 0.6) is 0 Å². The molecule has 2 rings (SSSR count). The summed E-state index contributed by atoms with van der Waals surface area (Å²) in [4.78, 5) is 3.96. The first kappa shape index (κ1) is 13.5. The first-order valence-electron chi connectivity index (χ1n) is 6.88. The zero-order valence-electron chi connectivity index (χ0n) is 11.3. The van der Waals surface area contributed by atoms with Gasteiger partial charge in [-0.25, -0.2) is 0 Å². The molecule has 1 N–H and O–H groups in total. The summed E-state index contributed by atoms with van der Waals surface area (Å²) in [6.45, 7) is 3.10. The molecule has 0 aromatic carbocycles. The number of hydrogen-bond acceptors (Lipinski definition) is 5. The second-order valence-corrected chi connectivity index (χ2v) is 4.49. The number of aromatic nitrogens is 3. The highest BCUT2D eigenvalue weighted by molar-refractivity contribution is 5.51. The summed E-state index contributed by atoms with van der Waals surface area (Å²) in [5.74, 6) is 0.524. The van der Waals surface area contributed by atoms with Crippen LogP contribution in [0.15, 0.2) is 28.9 Å². The van der Waals surface area contributed by atoms with Gasteiger partial charge < -0.3 is 9.73 Å². The molecule has 0 amide bonds. The zero-order valence-corrected chi connectivity index (χ0v) is 11.3. The lowest BCUT2D eigenvalue weighted by molar-refractivity contribution is 0.574. The Morgan fingerprint density at radius 1 is 1.05 bits per heavy atom. The van der Waals surface area contributed by atoms with E-state index in [4.69, 9.17) is 4.42 Å². The molecule has 102 valence electrons. The predicted molar refractivity (Wildman–Crippen MR) is 74.8 cm³/mol. The van der Waals surface area contributed by atoms with Crippen molar-refractivity contribution in [3.63, 3.8) is 0 Å². The summed E-state index contributed by atoms with van der Waals surface area (Å²) < 4.78 is 5.54. The predicted octanol–water partition coefficient (Wildman–Crippen LogP) is 3.51. The Bertz CT molecular complexity index is 469. The zero-order chi connectivity index (χ0) is 13.3. The molecule has 0 saturated heterocycles. The molecule has 2 heterocycles. The van der Waals surface area contributed by atoms with Gasteiger partial charge in [0.2, 0.25) is 5.89 Å². The fourth-order valence-corrected chi connectivity index (χ4v) is 1.83. The first-order valence-corrected chi connectivity index (χ1v) is 6.88. The molecule has 0 bridgehead atoms. The van der Waals surface area contributed by atoms with Crippen molar-refractivity contribution in [1.82, 2.24) is 15.2 Å². The minimum atomic E-state index is 0.488. The van der Waals surface area contributed by atoms with Crippen molar-refractivity contribution in [2.24, 2.45) is 0 Å². The number of anilines is 1. The number of hydrogen-bond donors (Lipinski definition) is 1. The van der Waals surface area contributed by atoms with Crippen LogP contribution in [0, 0.1) is 0 Å². The van der Waals surface area contributed by atoms with E-state index < -0.39 is 0 Å². The third-order valence-corrected chi connectivity index (χ3v) is 2.91. The van der Waals surface area contributed by atoms with Crippen LogP contribution in [-0.4, -0.2) is 21.7 Å². The normalized spacial score (nSPS) is 10.6. The van der Waals surface area contributed by atoms with Gasteiger partial charge in [-0.05, 0) is 18.6 Å². The molecular weight excluding hydrogens is 240 g/mol. The lowest BCUT2D eigenvalue weighted by atomic mass is 10.1. The van der Waals surface area contributed by atoms with Gasteiger partial charge in [-0.15, -0.1) is 5.10 Å². The average Bonchev–Trinajstić information content (AvgIpc) is 2.92. The van der Waals surface area contributed by atoms with E-state index >= 15 is 0 Å². The lowest BCUT2D eigenvalue weighted by Gasteiger charge is -2.00. The van der Waals surface area contributed by atoms with Gasteiger partial charge in [0.15, 0.2) is 0 Å². The third-order valence-electron chi connectivity index (χ3n) is 2.91. The molecule has 2 aromatic heterocycles. The number of rotatable bonds is 8. The summed E-state index contributed by atoms with van der Waals surface area (Å²) in [6.07, 6.45) is 9.67. The van der Waals surface area contributed by atoms with E-state index in [-0.39, 0.29) is 0 Å². The maximum absolute atomic E-state index is 5.54. The Morgan fingerprint density at radius 3 is 2.63 bits per heavy atom. The van der Waals surface area contributed by atoms with Crippen LogP contribution in [-0.2, 0) is 0 Å². The molecule has 5 heteroatoms. The van der Waals surface area contributed by atoms with Crippen molar-refractivity contribution in [3.8, 4) is 11.5 Å². The molecule has 0 radical (unpaired) electrons. The largest absolute Gasteiger partial charge is 0.403 e. The molecule has 0 aliphatic carbocycles. The maximum Gasteiger partial charge on any atom is 0.315 e. The minimum absolute atomic E-state index is 0.488. The van der Waals surface area contributed by atoms with Gasteiger partial charge in [-0.2, -0.15) is 0 Å². The van der Waals surface area contributed by atoms with E-state index in [1.807, 2.05) is 12.1 Å². The molecule has 0 fully saturated rings. The Kier molecular flexibility index (Phi) is 5.34. The van der Waals surface area contributed by atoms with Crippen molar-refractivity contribution >= 4 is 6.01 Å². The summed E-state index contributed by atoms with van der Waals surface area (Å²) in [5.41, 5.74) is 0.887. The smallest absolute Gasteiger partial charge is 0.315 e. The summed E-state index contributed by atoms with van der Waals surface area (Å²) in [6, 6.07) is 4.19. The molecule has 0 aliphatic rings. The van der Waals surface area contributed by atoms with E-state index in [0.717, 1.165) is 18.5 Å². The summed E-state index contributed by atoms with van der Waals surface area (Å²) in [7, 11) is 0. The molecular formula is C14H20N4O. The fourth-order valence-electron chi connectivity index (χ4n) is 1.83. The average molecular weight is 260 g/mol. The topological polar surface area (TPSA) is 63.8 Å². The highest BCUT2D eigenvalue weighted by Gasteiger charge is 2.07. The van der Waals surface area contributed by atoms with Gasteiger partial charge in [0, 0.05) is 24.5 Å². The summed E-state index contributed by atoms with van der Waals surface area (Å²) in [5, 5.41) is 11.1. The SMILES string of the molecule is CCCCCCCNc1nnc(-c2ccncc2)o1. The van der Waals surface area contributed by atoms with Crippen molar-refractivity contribution in [2.45, 2.75) is 39.0 Å². The van der Waals surface area contributed by atoms with Crippen molar-refractivity contribution in [3.05, 3.63) is 24.5 Å². The van der Waals surface area contributed by atoms with Crippen LogP contribution >= 0.6 is 0 Å². The van der Waals surface area contributed by atoms with Crippen LogP contribution < -0.4 is 5.32 Å². The van der Waals surface area contributed by atoms with Gasteiger partial charge in [0.25, 0.3) is 0 Å². The Balaban J connectivity index is 1.75. The Hall–Kier alpha value is -1.91. The highest BCUT2D eigenvalue weighted by Crippen LogP contribution is 2.18. The Labute approximate surface area is 113 Å². The number of nitrogens with one attached hydrogen (secondary N) is 1. The first-order chi connectivity index (χ1) is 9.40. The van der Waals surface area contributed by atoms with E-state index in [1.165, 1.54) is 25.7 Å². The number of nitrogens with zero attached hydrogens (tertiary/aromatic N) is 3. The van der Waals surface area contributed by atoms with Crippen LogP contribution in [0.4, 0.5) is 6.01 Å². The van der Waals surface area contributed by atoms with Gasteiger partial charge in [0.05, 0.1) is 0 Å². The number of unbranched alkanes of at least 4 members (excludes halogenated alkanes) is 4. The van der Waals surface area contributed by atoms with Gasteiger partial charge >= 0.3 is 6.01 Å². The Morgan fingerprint density at radius 2 is 1.84 bits per heavy atom. The molecule has 0 aliphatic heterocycles. The van der Waals surface area contributed by atoms with Gasteiger partial charge in [0.1, 0.15) is 0 Å². The quantitative estimate of drug-likeness (QED) is 0.736. The van der Waals surface area contributed by atoms with Crippen LogP contribution in [0.2, 0.25) is 0 Å². The van der Waals surface area contributed by atoms with E-state index in [9.17, 15) is 0 Å². The molecule has 2 aromatic rings. The van der Waals surface area contributed by atoms with Gasteiger partial charge in [-0.3, -0.25) is 4.98 Å². The second kappa shape index (κ2) is 7.51. The fraction of sp³-hybridized carbons (Fsp3) is 0.500. The molecule has 0 unspecified atom stereocenters. The highest BCUT2D eigenvalue weighted by atomic mass is 16.4. The molecule has 19 heavy (non-hydrogen) atoms. The van der Waals surface area contributed by atoms with E-state index in [1.54, 1.807) is 12.4 Å². The van der Waals surface area contributed by atoms with Crippen LogP contribution in [0.1, 0.15) is 39.0 Å². The standard InChI is InChI=1S/C14H20N4O/c1-2-3-4-5-6-9-16-14-18-17-13(19-14)12-7-10-15-11-8-12/h7-8,10-11H,2-6,9H2,1H3,(H,16,18). The maximum atomic E-state index is 5.54. The van der Waals surface area contributed by atoms with E-state index in [0.29, 0.717) is 11.9 Å². The van der Waals surface area contributed by atoms with Crippen molar-refractivity contribution < 1.29 is 4.42 Å². The lowest BCUT2D eigenvalue weighted by Crippen LogP contribution is -2.01. The van der Waals surface area contributed by atoms with E-state index in [2.05, 4.69) is 27.4 Å². The molecule has 0 spiro atoms. The van der Waals surface area contributed by atoms with Crippen LogP contribution in [0.25, 0.3) is 11.5 Å². The third kappa shape index (κ3) is 4.35. The molecule has 0 atom stereocenters. The summed E-state index contributed by atoms with van der Waals surface area (Å²) >= 11 is 0. The molecule has 0 saturated carbocycles. The number of pyridine rings is 1. The van der Waals surface area contributed by atoms with Crippen molar-refractivity contribution in [2.75, 3.05) is 11.9 Å².